The molecule has 0 aliphatic heterocycles. The van der Waals surface area contributed by atoms with Crippen molar-refractivity contribution in [3.8, 4) is 0 Å². The van der Waals surface area contributed by atoms with Gasteiger partial charge < -0.3 is 19.7 Å². The lowest BCUT2D eigenvalue weighted by molar-refractivity contribution is -0.150. The van der Waals surface area contributed by atoms with Crippen molar-refractivity contribution in [2.24, 2.45) is 11.8 Å². The second-order valence-electron chi connectivity index (χ2n) is 22.3. The van der Waals surface area contributed by atoms with Crippen LogP contribution in [0.15, 0.2) is 0 Å². The molecule has 0 spiro atoms. The molecule has 0 aliphatic rings. The Labute approximate surface area is 444 Å². The van der Waals surface area contributed by atoms with Crippen LogP contribution in [0.5, 0.6) is 0 Å². The number of hydrogen-bond acceptors (Lipinski definition) is 6. The second-order valence-corrected chi connectivity index (χ2v) is 22.3. The Morgan fingerprint density at radius 2 is 0.634 bits per heavy atom. The normalized spacial score (nSPS) is 12.8. The third kappa shape index (κ3) is 45.5. The highest BCUT2D eigenvalue weighted by Crippen LogP contribution is 2.24. The summed E-state index contributed by atoms with van der Waals surface area (Å²) in [6.45, 7) is 14.3. The van der Waals surface area contributed by atoms with Crippen molar-refractivity contribution in [3.63, 3.8) is 0 Å². The fraction of sp³-hybridized carbons (Fsp3) is 0.953. The lowest BCUT2D eigenvalue weighted by atomic mass is 9.94. The zero-order valence-corrected chi connectivity index (χ0v) is 49.0. The van der Waals surface area contributed by atoms with Crippen LogP contribution in [0.2, 0.25) is 0 Å². The van der Waals surface area contributed by atoms with E-state index < -0.39 is 0 Å². The summed E-state index contributed by atoms with van der Waals surface area (Å²) in [5, 5.41) is 3.33. The number of unbranched alkanes of at least 4 members (excludes halogenated alkanes) is 33. The van der Waals surface area contributed by atoms with E-state index in [0.717, 1.165) is 116 Å². The Balaban J connectivity index is 4.93. The number of esters is 2. The number of nitrogens with one attached hydrogen (secondary N) is 1. The molecule has 71 heavy (non-hydrogen) atoms. The largest absolute Gasteiger partial charge is 0.465 e. The summed E-state index contributed by atoms with van der Waals surface area (Å²) in [6, 6.07) is 0.344. The van der Waals surface area contributed by atoms with Crippen LogP contribution in [0.3, 0.4) is 0 Å². The highest BCUT2D eigenvalue weighted by Gasteiger charge is 2.24. The Morgan fingerprint density at radius 1 is 0.352 bits per heavy atom. The van der Waals surface area contributed by atoms with Gasteiger partial charge in [-0.1, -0.05) is 272 Å². The number of carbonyl (C=O) groups excluding carboxylic acids is 3. The predicted molar refractivity (Wildman–Crippen MR) is 308 cm³/mol. The summed E-state index contributed by atoms with van der Waals surface area (Å²) in [4.78, 5) is 42.4. The first kappa shape index (κ1) is 69.4. The van der Waals surface area contributed by atoms with Crippen LogP contribution in [0.25, 0.3) is 0 Å². The molecule has 0 bridgehead atoms. The first-order valence-corrected chi connectivity index (χ1v) is 32.2. The average molecular weight is 1000 g/mol. The van der Waals surface area contributed by atoms with Crippen molar-refractivity contribution in [2.45, 2.75) is 349 Å². The molecule has 7 heteroatoms. The van der Waals surface area contributed by atoms with Gasteiger partial charge in [-0.25, -0.2) is 0 Å². The molecule has 2 atom stereocenters. The molecule has 0 saturated carbocycles. The summed E-state index contributed by atoms with van der Waals surface area (Å²) < 4.78 is 11.8. The molecule has 0 aromatic rings. The number of carbonyl (C=O) groups is 3. The van der Waals surface area contributed by atoms with Crippen LogP contribution in [-0.4, -0.2) is 62.1 Å². The van der Waals surface area contributed by atoms with E-state index in [4.69, 9.17) is 9.47 Å². The summed E-state index contributed by atoms with van der Waals surface area (Å²) in [5.74, 6) is 0.705. The topological polar surface area (TPSA) is 84.9 Å². The third-order valence-electron chi connectivity index (χ3n) is 15.5. The Hall–Kier alpha value is -1.63. The molecular weight excluding hydrogens is 877 g/mol. The van der Waals surface area contributed by atoms with E-state index >= 15 is 0 Å². The Kier molecular flexibility index (Phi) is 54.8. The standard InChI is InChI=1S/C64H126N2O5/c1-7-12-17-22-31-40-50-59(48-38-20-15-10-4)63(68)70-57-45-36-29-25-27-33-42-52-61(66(56-47-55-65-6)62(67)54-44-35-24-19-14-9-3)53-43-34-28-26-30-37-46-58-71-64(69)60(49-39-21-16-11-5)51-41-32-23-18-13-8-2/h59-61,65H,7-58H2,1-6H3. The second kappa shape index (κ2) is 56.1. The van der Waals surface area contributed by atoms with Gasteiger partial charge in [0.1, 0.15) is 0 Å². The summed E-state index contributed by atoms with van der Waals surface area (Å²) in [7, 11) is 2.02. The Morgan fingerprint density at radius 3 is 0.972 bits per heavy atom. The minimum absolute atomic E-state index is 0.0662. The van der Waals surface area contributed by atoms with Crippen LogP contribution < -0.4 is 5.32 Å². The van der Waals surface area contributed by atoms with Gasteiger partial charge in [0.15, 0.2) is 0 Å². The summed E-state index contributed by atoms with van der Waals surface area (Å²) in [5.41, 5.74) is 0. The quantitative estimate of drug-likeness (QED) is 0.0483. The molecular formula is C64H126N2O5. The molecule has 0 rings (SSSR count). The first-order valence-electron chi connectivity index (χ1n) is 32.2. The fourth-order valence-electron chi connectivity index (χ4n) is 10.6. The van der Waals surface area contributed by atoms with Gasteiger partial charge >= 0.3 is 11.9 Å². The molecule has 0 aromatic heterocycles. The van der Waals surface area contributed by atoms with Gasteiger partial charge in [-0.05, 0) is 77.8 Å². The van der Waals surface area contributed by atoms with Crippen LogP contribution in [-0.2, 0) is 23.9 Å². The molecule has 0 radical (unpaired) electrons. The zero-order valence-electron chi connectivity index (χ0n) is 49.0. The van der Waals surface area contributed by atoms with Crippen LogP contribution >= 0.6 is 0 Å². The van der Waals surface area contributed by atoms with Gasteiger partial charge in [0.25, 0.3) is 0 Å². The smallest absolute Gasteiger partial charge is 0.308 e. The zero-order chi connectivity index (χ0) is 51.9. The first-order chi connectivity index (χ1) is 34.9. The van der Waals surface area contributed by atoms with Crippen LogP contribution in [0, 0.1) is 11.8 Å². The minimum Gasteiger partial charge on any atom is -0.465 e. The van der Waals surface area contributed by atoms with Crippen molar-refractivity contribution >= 4 is 17.8 Å². The minimum atomic E-state index is 0.0662. The number of amides is 1. The Bertz CT molecular complexity index is 1050. The van der Waals surface area contributed by atoms with E-state index in [-0.39, 0.29) is 23.8 Å². The van der Waals surface area contributed by atoms with Crippen molar-refractivity contribution in [1.82, 2.24) is 10.2 Å². The molecule has 0 heterocycles. The van der Waals surface area contributed by atoms with Crippen molar-refractivity contribution in [3.05, 3.63) is 0 Å². The van der Waals surface area contributed by atoms with Gasteiger partial charge in [0, 0.05) is 19.0 Å². The number of hydrogen-bond donors (Lipinski definition) is 1. The molecule has 1 amide bonds. The van der Waals surface area contributed by atoms with Gasteiger partial charge in [0.2, 0.25) is 5.91 Å². The van der Waals surface area contributed by atoms with Gasteiger partial charge in [-0.3, -0.25) is 14.4 Å². The van der Waals surface area contributed by atoms with E-state index in [1.807, 2.05) is 7.05 Å². The molecule has 0 aliphatic carbocycles. The molecule has 422 valence electrons. The molecule has 1 N–H and O–H groups in total. The number of rotatable bonds is 58. The lowest BCUT2D eigenvalue weighted by Crippen LogP contribution is -2.41. The maximum absolute atomic E-state index is 13.9. The van der Waals surface area contributed by atoms with Crippen molar-refractivity contribution in [2.75, 3.05) is 33.4 Å². The lowest BCUT2D eigenvalue weighted by Gasteiger charge is -2.33. The van der Waals surface area contributed by atoms with E-state index in [9.17, 15) is 14.4 Å². The maximum Gasteiger partial charge on any atom is 0.308 e. The highest BCUT2D eigenvalue weighted by atomic mass is 16.5. The third-order valence-corrected chi connectivity index (χ3v) is 15.5. The predicted octanol–water partition coefficient (Wildman–Crippen LogP) is 19.5. The van der Waals surface area contributed by atoms with Crippen molar-refractivity contribution in [1.29, 1.82) is 0 Å². The van der Waals surface area contributed by atoms with Crippen LogP contribution in [0.1, 0.15) is 343 Å². The van der Waals surface area contributed by atoms with E-state index in [1.54, 1.807) is 0 Å². The van der Waals surface area contributed by atoms with Gasteiger partial charge in [-0.2, -0.15) is 0 Å². The molecule has 0 aromatic carbocycles. The molecule has 2 unspecified atom stereocenters. The molecule has 0 fully saturated rings. The SMILES string of the molecule is CCCCCCCCC(=O)N(CCCNC)C(CCCCCCCCCOC(=O)C(CCCCCC)CCCCCCCC)CCCCCCCCCOC(=O)C(CCCCCC)CCCCCCCC. The number of ether oxygens (including phenoxy) is 2. The monoisotopic (exact) mass is 1000 g/mol. The van der Waals surface area contributed by atoms with E-state index in [1.165, 1.54) is 199 Å². The summed E-state index contributed by atoms with van der Waals surface area (Å²) >= 11 is 0. The maximum atomic E-state index is 13.9. The van der Waals surface area contributed by atoms with Gasteiger partial charge in [-0.15, -0.1) is 0 Å². The number of nitrogens with zero attached hydrogens (tertiary/aromatic N) is 1. The van der Waals surface area contributed by atoms with Crippen molar-refractivity contribution < 1.29 is 23.9 Å². The molecule has 0 saturated heterocycles. The van der Waals surface area contributed by atoms with E-state index in [2.05, 4.69) is 44.8 Å². The van der Waals surface area contributed by atoms with Crippen LogP contribution in [0.4, 0.5) is 0 Å². The van der Waals surface area contributed by atoms with E-state index in [0.29, 0.717) is 31.6 Å². The fourth-order valence-corrected chi connectivity index (χ4v) is 10.6. The molecule has 7 nitrogen and oxygen atoms in total. The van der Waals surface area contributed by atoms with Gasteiger partial charge in [0.05, 0.1) is 25.0 Å². The highest BCUT2D eigenvalue weighted by molar-refractivity contribution is 5.76. The average Bonchev–Trinajstić information content (AvgIpc) is 3.37. The summed E-state index contributed by atoms with van der Waals surface area (Å²) in [6.07, 6.45) is 56.6.